The number of hydrogen-bond donors (Lipinski definition) is 1. The Balaban J connectivity index is 2.78. The number of benzene rings is 1. The molecule has 19 heavy (non-hydrogen) atoms. The maximum Gasteiger partial charge on any atom is 0.293 e. The van der Waals surface area contributed by atoms with Gasteiger partial charge in [-0.2, -0.15) is 0 Å². The number of halogens is 1. The first kappa shape index (κ1) is 15.4. The molecule has 0 fully saturated rings. The van der Waals surface area contributed by atoms with Crippen molar-refractivity contribution in [3.05, 3.63) is 32.8 Å². The molecule has 6 nitrogen and oxygen atoms in total. The summed E-state index contributed by atoms with van der Waals surface area (Å²) < 4.78 is 0.625. The summed E-state index contributed by atoms with van der Waals surface area (Å²) in [5.74, 6) is -0.0813. The summed E-state index contributed by atoms with van der Waals surface area (Å²) in [6.45, 7) is 5.08. The molecule has 0 bridgehead atoms. The van der Waals surface area contributed by atoms with Crippen molar-refractivity contribution < 1.29 is 9.72 Å². The first-order valence-electron chi connectivity index (χ1n) is 5.95. The van der Waals surface area contributed by atoms with Crippen LogP contribution in [-0.4, -0.2) is 35.4 Å². The molecule has 1 amide bonds. The van der Waals surface area contributed by atoms with E-state index in [1.54, 1.807) is 17.0 Å². The summed E-state index contributed by atoms with van der Waals surface area (Å²) in [5.41, 5.74) is 0.287. The summed E-state index contributed by atoms with van der Waals surface area (Å²) in [6.07, 6.45) is 0. The van der Waals surface area contributed by atoms with E-state index in [9.17, 15) is 14.9 Å². The van der Waals surface area contributed by atoms with Gasteiger partial charge in [-0.1, -0.05) is 15.9 Å². The number of nitrogens with zero attached hydrogens (tertiary/aromatic N) is 2. The highest BCUT2D eigenvalue weighted by Crippen LogP contribution is 2.27. The van der Waals surface area contributed by atoms with Crippen molar-refractivity contribution in [2.75, 3.05) is 25.0 Å². The van der Waals surface area contributed by atoms with Crippen molar-refractivity contribution in [2.45, 2.75) is 13.8 Å². The van der Waals surface area contributed by atoms with E-state index in [-0.39, 0.29) is 18.1 Å². The standard InChI is InChI=1S/C12H16BrN3O3/c1-3-15(4-2)12(17)8-14-10-6-5-9(13)7-11(10)16(18)19/h5-7,14H,3-4,8H2,1-2H3. The molecule has 0 saturated heterocycles. The zero-order valence-corrected chi connectivity index (χ0v) is 12.4. The first-order chi connectivity index (χ1) is 8.99. The zero-order chi connectivity index (χ0) is 14.4. The number of nitrogens with one attached hydrogen (secondary N) is 1. The third-order valence-electron chi connectivity index (χ3n) is 2.70. The van der Waals surface area contributed by atoms with Crippen LogP contribution in [0, 0.1) is 10.1 Å². The monoisotopic (exact) mass is 329 g/mol. The van der Waals surface area contributed by atoms with E-state index in [1.807, 2.05) is 13.8 Å². The largest absolute Gasteiger partial charge is 0.371 e. The maximum absolute atomic E-state index is 11.8. The van der Waals surface area contributed by atoms with Crippen LogP contribution >= 0.6 is 15.9 Å². The van der Waals surface area contributed by atoms with Crippen LogP contribution in [0.2, 0.25) is 0 Å². The number of hydrogen-bond acceptors (Lipinski definition) is 4. The van der Waals surface area contributed by atoms with Crippen molar-refractivity contribution in [3.63, 3.8) is 0 Å². The van der Waals surface area contributed by atoms with Crippen molar-refractivity contribution in [1.82, 2.24) is 4.90 Å². The van der Waals surface area contributed by atoms with Crippen LogP contribution in [0.4, 0.5) is 11.4 Å². The van der Waals surface area contributed by atoms with E-state index in [2.05, 4.69) is 21.2 Å². The number of rotatable bonds is 6. The number of carbonyl (C=O) groups excluding carboxylic acids is 1. The van der Waals surface area contributed by atoms with E-state index in [0.29, 0.717) is 23.2 Å². The number of carbonyl (C=O) groups is 1. The highest BCUT2D eigenvalue weighted by atomic mass is 79.9. The van der Waals surface area contributed by atoms with E-state index in [0.717, 1.165) is 0 Å². The molecule has 0 aliphatic heterocycles. The molecule has 0 heterocycles. The number of amides is 1. The van der Waals surface area contributed by atoms with Crippen molar-refractivity contribution in [1.29, 1.82) is 0 Å². The van der Waals surface area contributed by atoms with Crippen molar-refractivity contribution in [2.24, 2.45) is 0 Å². The van der Waals surface area contributed by atoms with Gasteiger partial charge in [-0.05, 0) is 26.0 Å². The van der Waals surface area contributed by atoms with Crippen LogP contribution in [-0.2, 0) is 4.79 Å². The Bertz CT molecular complexity index is 475. The van der Waals surface area contributed by atoms with Crippen LogP contribution in [0.5, 0.6) is 0 Å². The summed E-state index contributed by atoms with van der Waals surface area (Å²) >= 11 is 3.18. The van der Waals surface area contributed by atoms with Gasteiger partial charge >= 0.3 is 0 Å². The van der Waals surface area contributed by atoms with Gasteiger partial charge in [-0.15, -0.1) is 0 Å². The summed E-state index contributed by atoms with van der Waals surface area (Å²) in [7, 11) is 0. The van der Waals surface area contributed by atoms with Crippen LogP contribution in [0.15, 0.2) is 22.7 Å². The second-order valence-electron chi connectivity index (χ2n) is 3.84. The molecule has 104 valence electrons. The lowest BCUT2D eigenvalue weighted by molar-refractivity contribution is -0.384. The summed E-state index contributed by atoms with van der Waals surface area (Å²) in [6, 6.07) is 4.68. The van der Waals surface area contributed by atoms with Gasteiger partial charge in [0.1, 0.15) is 5.69 Å². The van der Waals surface area contributed by atoms with Crippen LogP contribution < -0.4 is 5.32 Å². The molecule has 1 aromatic rings. The fourth-order valence-electron chi connectivity index (χ4n) is 1.66. The number of nitro benzene ring substituents is 1. The van der Waals surface area contributed by atoms with E-state index in [4.69, 9.17) is 0 Å². The second kappa shape index (κ2) is 7.08. The smallest absolute Gasteiger partial charge is 0.293 e. The molecule has 0 atom stereocenters. The molecule has 7 heteroatoms. The van der Waals surface area contributed by atoms with Crippen molar-refractivity contribution >= 4 is 33.2 Å². The highest BCUT2D eigenvalue weighted by molar-refractivity contribution is 9.10. The number of anilines is 1. The van der Waals surface area contributed by atoms with Crippen LogP contribution in [0.25, 0.3) is 0 Å². The molecular weight excluding hydrogens is 314 g/mol. The number of likely N-dealkylation sites (N-methyl/N-ethyl adjacent to an activating group) is 1. The molecule has 0 radical (unpaired) electrons. The Morgan fingerprint density at radius 1 is 1.42 bits per heavy atom. The van der Waals surface area contributed by atoms with Crippen molar-refractivity contribution in [3.8, 4) is 0 Å². The minimum absolute atomic E-state index is 0.0458. The molecule has 1 aromatic carbocycles. The molecule has 0 spiro atoms. The van der Waals surface area contributed by atoms with Gasteiger partial charge in [0.05, 0.1) is 11.5 Å². The molecular formula is C12H16BrN3O3. The van der Waals surface area contributed by atoms with Gasteiger partial charge in [0.2, 0.25) is 5.91 Å². The lowest BCUT2D eigenvalue weighted by Gasteiger charge is -2.19. The lowest BCUT2D eigenvalue weighted by atomic mass is 10.2. The summed E-state index contributed by atoms with van der Waals surface area (Å²) in [4.78, 5) is 23.9. The fraction of sp³-hybridized carbons (Fsp3) is 0.417. The van der Waals surface area contributed by atoms with Gasteiger partial charge in [-0.25, -0.2) is 0 Å². The third kappa shape index (κ3) is 4.20. The average molecular weight is 330 g/mol. The lowest BCUT2D eigenvalue weighted by Crippen LogP contribution is -2.35. The number of nitro groups is 1. The normalized spacial score (nSPS) is 10.1. The highest BCUT2D eigenvalue weighted by Gasteiger charge is 2.16. The van der Waals surface area contributed by atoms with E-state index in [1.165, 1.54) is 6.07 Å². The van der Waals surface area contributed by atoms with E-state index < -0.39 is 4.92 Å². The topological polar surface area (TPSA) is 75.5 Å². The third-order valence-corrected chi connectivity index (χ3v) is 3.20. The molecule has 0 aliphatic rings. The Labute approximate surface area is 120 Å². The van der Waals surface area contributed by atoms with E-state index >= 15 is 0 Å². The molecule has 1 N–H and O–H groups in total. The molecule has 1 rings (SSSR count). The minimum Gasteiger partial charge on any atom is -0.371 e. The van der Waals surface area contributed by atoms with Crippen LogP contribution in [0.1, 0.15) is 13.8 Å². The second-order valence-corrected chi connectivity index (χ2v) is 4.75. The fourth-order valence-corrected chi connectivity index (χ4v) is 2.01. The van der Waals surface area contributed by atoms with Gasteiger partial charge in [-0.3, -0.25) is 14.9 Å². The van der Waals surface area contributed by atoms with Crippen LogP contribution in [0.3, 0.4) is 0 Å². The average Bonchev–Trinajstić information content (AvgIpc) is 2.38. The van der Waals surface area contributed by atoms with Gasteiger partial charge in [0.15, 0.2) is 0 Å². The Morgan fingerprint density at radius 2 is 2.05 bits per heavy atom. The Morgan fingerprint density at radius 3 is 2.58 bits per heavy atom. The SMILES string of the molecule is CCN(CC)C(=O)CNc1ccc(Br)cc1[N+](=O)[O-]. The quantitative estimate of drug-likeness (QED) is 0.643. The zero-order valence-electron chi connectivity index (χ0n) is 10.9. The molecule has 0 aliphatic carbocycles. The van der Waals surface area contributed by atoms with Gasteiger partial charge in [0, 0.05) is 23.6 Å². The minimum atomic E-state index is -0.477. The van der Waals surface area contributed by atoms with Gasteiger partial charge in [0.25, 0.3) is 5.69 Å². The molecule has 0 aromatic heterocycles. The Kier molecular flexibility index (Phi) is 5.75. The predicted molar refractivity (Wildman–Crippen MR) is 77.2 cm³/mol. The Hall–Kier alpha value is -1.63. The summed E-state index contributed by atoms with van der Waals surface area (Å²) in [5, 5.41) is 13.7. The molecule has 0 saturated carbocycles. The first-order valence-corrected chi connectivity index (χ1v) is 6.74. The van der Waals surface area contributed by atoms with Gasteiger partial charge < -0.3 is 10.2 Å². The molecule has 0 unspecified atom stereocenters. The maximum atomic E-state index is 11.8. The predicted octanol–water partition coefficient (Wildman–Crippen LogP) is 2.64.